The van der Waals surface area contributed by atoms with E-state index >= 15 is 0 Å². The van der Waals surface area contributed by atoms with Gasteiger partial charge in [0.2, 0.25) is 10.0 Å². The van der Waals surface area contributed by atoms with Gasteiger partial charge >= 0.3 is 0 Å². The topological polar surface area (TPSA) is 46.2 Å². The molecule has 0 aliphatic heterocycles. The van der Waals surface area contributed by atoms with Crippen molar-refractivity contribution in [3.05, 3.63) is 36.4 Å². The maximum absolute atomic E-state index is 11.6. The summed E-state index contributed by atoms with van der Waals surface area (Å²) in [4.78, 5) is 0. The summed E-state index contributed by atoms with van der Waals surface area (Å²) in [5.41, 5.74) is 1.59. The Balaban J connectivity index is 2.13. The predicted octanol–water partition coefficient (Wildman–Crippen LogP) is 2.23. The molecule has 1 aromatic rings. The third-order valence-electron chi connectivity index (χ3n) is 2.37. The second kappa shape index (κ2) is 3.70. The minimum absolute atomic E-state index is 0.184. The molecule has 2 rings (SSSR count). The first kappa shape index (κ1) is 10.2. The highest BCUT2D eigenvalue weighted by molar-refractivity contribution is 7.93. The first-order valence-corrected chi connectivity index (χ1v) is 6.40. The van der Waals surface area contributed by atoms with Crippen LogP contribution in [0.25, 0.3) is 6.08 Å². The Morgan fingerprint density at radius 3 is 2.33 bits per heavy atom. The average Bonchev–Trinajstić information content (AvgIpc) is 3.01. The van der Waals surface area contributed by atoms with Crippen LogP contribution < -0.4 is 4.72 Å². The largest absolute Gasteiger partial charge is 0.283 e. The van der Waals surface area contributed by atoms with Gasteiger partial charge in [-0.15, -0.1) is 0 Å². The van der Waals surface area contributed by atoms with E-state index in [2.05, 4.69) is 11.3 Å². The molecular formula is C11H13NO2S. The number of rotatable bonds is 4. The highest BCUT2D eigenvalue weighted by atomic mass is 32.2. The Morgan fingerprint density at radius 2 is 1.87 bits per heavy atom. The first-order valence-electron chi connectivity index (χ1n) is 4.86. The van der Waals surface area contributed by atoms with E-state index in [4.69, 9.17) is 0 Å². The second-order valence-corrected chi connectivity index (χ2v) is 5.63. The molecule has 80 valence electrons. The molecule has 1 saturated carbocycles. The number of hydrogen-bond donors (Lipinski definition) is 1. The summed E-state index contributed by atoms with van der Waals surface area (Å²) in [6, 6.07) is 7.16. The molecule has 1 aliphatic rings. The molecule has 1 N–H and O–H groups in total. The number of anilines is 1. The van der Waals surface area contributed by atoms with Gasteiger partial charge in [0.25, 0.3) is 0 Å². The lowest BCUT2D eigenvalue weighted by Gasteiger charge is -2.06. The van der Waals surface area contributed by atoms with Crippen molar-refractivity contribution in [3.8, 4) is 0 Å². The Morgan fingerprint density at radius 1 is 1.27 bits per heavy atom. The highest BCUT2D eigenvalue weighted by Crippen LogP contribution is 2.29. The van der Waals surface area contributed by atoms with Crippen LogP contribution in [0.4, 0.5) is 5.69 Å². The van der Waals surface area contributed by atoms with E-state index in [9.17, 15) is 8.42 Å². The van der Waals surface area contributed by atoms with Gasteiger partial charge in [0, 0.05) is 5.69 Å². The lowest BCUT2D eigenvalue weighted by molar-refractivity contribution is 0.600. The summed E-state index contributed by atoms with van der Waals surface area (Å²) in [6.07, 6.45) is 3.28. The monoisotopic (exact) mass is 223 g/mol. The van der Waals surface area contributed by atoms with Crippen molar-refractivity contribution in [2.45, 2.75) is 18.1 Å². The van der Waals surface area contributed by atoms with Gasteiger partial charge in [-0.2, -0.15) is 0 Å². The van der Waals surface area contributed by atoms with Crippen molar-refractivity contribution in [1.29, 1.82) is 0 Å². The van der Waals surface area contributed by atoms with Crippen LogP contribution in [0.3, 0.4) is 0 Å². The Kier molecular flexibility index (Phi) is 2.52. The fourth-order valence-electron chi connectivity index (χ4n) is 1.31. The van der Waals surface area contributed by atoms with Crippen molar-refractivity contribution in [3.63, 3.8) is 0 Å². The third kappa shape index (κ3) is 2.39. The molecule has 0 aromatic heterocycles. The molecule has 0 amide bonds. The van der Waals surface area contributed by atoms with E-state index in [-0.39, 0.29) is 5.25 Å². The van der Waals surface area contributed by atoms with E-state index in [1.807, 2.05) is 12.1 Å². The van der Waals surface area contributed by atoms with E-state index in [1.165, 1.54) is 0 Å². The standard InChI is InChI=1S/C11H13NO2S/c1-2-9-3-5-10(6-4-9)12-15(13,14)11-7-8-11/h2-6,11-12H,1,7-8H2. The van der Waals surface area contributed by atoms with Gasteiger partial charge in [-0.3, -0.25) is 4.72 Å². The molecule has 1 fully saturated rings. The lowest BCUT2D eigenvalue weighted by atomic mass is 10.2. The molecule has 0 bridgehead atoms. The summed E-state index contributed by atoms with van der Waals surface area (Å²) < 4.78 is 25.7. The fourth-order valence-corrected chi connectivity index (χ4v) is 2.70. The van der Waals surface area contributed by atoms with E-state index in [0.717, 1.165) is 18.4 Å². The summed E-state index contributed by atoms with van der Waals surface area (Å²) in [6.45, 7) is 3.63. The number of nitrogens with one attached hydrogen (secondary N) is 1. The molecule has 0 heterocycles. The molecule has 4 heteroatoms. The third-order valence-corrected chi connectivity index (χ3v) is 4.24. The zero-order valence-electron chi connectivity index (χ0n) is 8.31. The molecule has 0 spiro atoms. The summed E-state index contributed by atoms with van der Waals surface area (Å²) in [5.74, 6) is 0. The lowest BCUT2D eigenvalue weighted by Crippen LogP contribution is -2.17. The minimum Gasteiger partial charge on any atom is -0.283 e. The maximum Gasteiger partial charge on any atom is 0.235 e. The van der Waals surface area contributed by atoms with Crippen LogP contribution in [-0.2, 0) is 10.0 Å². The van der Waals surface area contributed by atoms with Crippen molar-refractivity contribution in [2.75, 3.05) is 4.72 Å². The predicted molar refractivity (Wildman–Crippen MR) is 62.1 cm³/mol. The summed E-state index contributed by atoms with van der Waals surface area (Å²) in [7, 11) is -3.14. The Labute approximate surface area is 89.9 Å². The number of sulfonamides is 1. The smallest absolute Gasteiger partial charge is 0.235 e. The van der Waals surface area contributed by atoms with Crippen molar-refractivity contribution >= 4 is 21.8 Å². The molecule has 0 saturated heterocycles. The molecule has 1 aliphatic carbocycles. The van der Waals surface area contributed by atoms with E-state index < -0.39 is 10.0 Å². The van der Waals surface area contributed by atoms with Crippen LogP contribution in [0.1, 0.15) is 18.4 Å². The normalized spacial score (nSPS) is 16.0. The van der Waals surface area contributed by atoms with Gasteiger partial charge in [-0.05, 0) is 30.5 Å². The van der Waals surface area contributed by atoms with Gasteiger partial charge in [-0.25, -0.2) is 8.42 Å². The first-order chi connectivity index (χ1) is 7.12. The van der Waals surface area contributed by atoms with Gasteiger partial charge in [-0.1, -0.05) is 24.8 Å². The number of benzene rings is 1. The van der Waals surface area contributed by atoms with Crippen molar-refractivity contribution in [2.24, 2.45) is 0 Å². The molecule has 0 unspecified atom stereocenters. The van der Waals surface area contributed by atoms with Gasteiger partial charge in [0.15, 0.2) is 0 Å². The van der Waals surface area contributed by atoms with E-state index in [0.29, 0.717) is 5.69 Å². The van der Waals surface area contributed by atoms with Crippen LogP contribution in [-0.4, -0.2) is 13.7 Å². The second-order valence-electron chi connectivity index (χ2n) is 3.67. The fraction of sp³-hybridized carbons (Fsp3) is 0.273. The molecule has 0 radical (unpaired) electrons. The van der Waals surface area contributed by atoms with Gasteiger partial charge in [0.1, 0.15) is 0 Å². The van der Waals surface area contributed by atoms with Crippen LogP contribution in [0.15, 0.2) is 30.8 Å². The van der Waals surface area contributed by atoms with Gasteiger partial charge in [0.05, 0.1) is 5.25 Å². The maximum atomic E-state index is 11.6. The molecule has 1 aromatic carbocycles. The summed E-state index contributed by atoms with van der Waals surface area (Å²) >= 11 is 0. The SMILES string of the molecule is C=Cc1ccc(NS(=O)(=O)C2CC2)cc1. The zero-order valence-corrected chi connectivity index (χ0v) is 9.13. The Hall–Kier alpha value is -1.29. The number of hydrogen-bond acceptors (Lipinski definition) is 2. The molecule has 0 atom stereocenters. The van der Waals surface area contributed by atoms with Gasteiger partial charge < -0.3 is 0 Å². The highest BCUT2D eigenvalue weighted by Gasteiger charge is 2.35. The molecular weight excluding hydrogens is 210 g/mol. The van der Waals surface area contributed by atoms with Crippen LogP contribution >= 0.6 is 0 Å². The zero-order chi connectivity index (χ0) is 10.9. The molecule has 3 nitrogen and oxygen atoms in total. The van der Waals surface area contributed by atoms with Crippen LogP contribution in [0.5, 0.6) is 0 Å². The van der Waals surface area contributed by atoms with Crippen molar-refractivity contribution < 1.29 is 8.42 Å². The Bertz CT molecular complexity index is 458. The van der Waals surface area contributed by atoms with Crippen LogP contribution in [0.2, 0.25) is 0 Å². The quantitative estimate of drug-likeness (QED) is 0.850. The van der Waals surface area contributed by atoms with E-state index in [1.54, 1.807) is 18.2 Å². The molecule has 15 heavy (non-hydrogen) atoms. The van der Waals surface area contributed by atoms with Crippen LogP contribution in [0, 0.1) is 0 Å². The summed E-state index contributed by atoms with van der Waals surface area (Å²) in [5, 5.41) is -0.184. The average molecular weight is 223 g/mol. The van der Waals surface area contributed by atoms with Crippen molar-refractivity contribution in [1.82, 2.24) is 0 Å². The minimum atomic E-state index is -3.14.